The van der Waals surface area contributed by atoms with E-state index in [1.54, 1.807) is 11.3 Å². The fourth-order valence-electron chi connectivity index (χ4n) is 3.03. The molecule has 0 aliphatic carbocycles. The van der Waals surface area contributed by atoms with Crippen molar-refractivity contribution < 1.29 is 15.1 Å². The highest BCUT2D eigenvalue weighted by molar-refractivity contribution is 7.08. The number of fused-ring (bicyclic) bond motifs is 1. The third-order valence-electron chi connectivity index (χ3n) is 4.29. The van der Waals surface area contributed by atoms with Gasteiger partial charge in [-0.2, -0.15) is 11.3 Å². The average Bonchev–Trinajstić information content (AvgIpc) is 3.15. The number of benzene rings is 1. The molecule has 124 valence electrons. The lowest BCUT2D eigenvalue weighted by atomic mass is 9.98. The highest BCUT2D eigenvalue weighted by Crippen LogP contribution is 2.35. The van der Waals surface area contributed by atoms with Crippen LogP contribution in [0.3, 0.4) is 0 Å². The molecular weight excluding hydrogens is 330 g/mol. The summed E-state index contributed by atoms with van der Waals surface area (Å²) in [5.74, 6) is 1.18. The smallest absolute Gasteiger partial charge is 0.273 e. The van der Waals surface area contributed by atoms with Crippen LogP contribution in [0.1, 0.15) is 22.7 Å². The van der Waals surface area contributed by atoms with E-state index < -0.39 is 0 Å². The molecule has 5 heteroatoms. The zero-order chi connectivity index (χ0) is 17.2. The van der Waals surface area contributed by atoms with E-state index in [-0.39, 0.29) is 11.8 Å². The van der Waals surface area contributed by atoms with Crippen LogP contribution >= 0.6 is 11.3 Å². The lowest BCUT2D eigenvalue weighted by Crippen LogP contribution is -2.19. The summed E-state index contributed by atoms with van der Waals surface area (Å²) in [6.45, 7) is 2.06. The van der Waals surface area contributed by atoms with Gasteiger partial charge in [-0.1, -0.05) is 0 Å². The van der Waals surface area contributed by atoms with Crippen molar-refractivity contribution in [1.29, 1.82) is 0 Å². The van der Waals surface area contributed by atoms with Gasteiger partial charge in [-0.15, -0.1) is 0 Å². The monoisotopic (exact) mass is 349 g/mol. The Kier molecular flexibility index (Phi) is 4.07. The van der Waals surface area contributed by atoms with Crippen LogP contribution in [-0.2, 0) is 0 Å². The first kappa shape index (κ1) is 15.6. The van der Waals surface area contributed by atoms with Gasteiger partial charge in [-0.3, -0.25) is 5.32 Å². The van der Waals surface area contributed by atoms with E-state index >= 15 is 0 Å². The minimum atomic E-state index is -0.151. The van der Waals surface area contributed by atoms with Crippen LogP contribution < -0.4 is 15.3 Å². The molecule has 0 spiro atoms. The summed E-state index contributed by atoms with van der Waals surface area (Å²) < 4.78 is 0. The summed E-state index contributed by atoms with van der Waals surface area (Å²) >= 11 is 1.65. The first-order valence-electron chi connectivity index (χ1n) is 8.11. The number of aromatic amines is 2. The van der Waals surface area contributed by atoms with Crippen LogP contribution in [0.2, 0.25) is 0 Å². The molecule has 0 radical (unpaired) electrons. The quantitative estimate of drug-likeness (QED) is 0.589. The van der Waals surface area contributed by atoms with Crippen molar-refractivity contribution in [3.63, 3.8) is 0 Å². The third kappa shape index (κ3) is 3.06. The second-order valence-corrected chi connectivity index (χ2v) is 6.83. The van der Waals surface area contributed by atoms with Gasteiger partial charge >= 0.3 is 0 Å². The lowest BCUT2D eigenvalue weighted by molar-refractivity contribution is -0.361. The number of pyridine rings is 2. The molecule has 4 aromatic rings. The van der Waals surface area contributed by atoms with Gasteiger partial charge in [0.1, 0.15) is 6.04 Å². The van der Waals surface area contributed by atoms with E-state index in [4.69, 9.17) is 0 Å². The summed E-state index contributed by atoms with van der Waals surface area (Å²) in [5, 5.41) is 19.5. The predicted octanol–water partition coefficient (Wildman–Crippen LogP) is 3.75. The summed E-state index contributed by atoms with van der Waals surface area (Å²) in [4.78, 5) is 6.38. The number of thiophene rings is 1. The van der Waals surface area contributed by atoms with Crippen LogP contribution in [0.5, 0.6) is 5.75 Å². The van der Waals surface area contributed by atoms with Gasteiger partial charge < -0.3 is 5.11 Å². The molecule has 0 fully saturated rings. The third-order valence-corrected chi connectivity index (χ3v) is 4.99. The van der Waals surface area contributed by atoms with Crippen LogP contribution in [-0.4, -0.2) is 5.11 Å². The van der Waals surface area contributed by atoms with Crippen LogP contribution in [0, 0.1) is 6.92 Å². The Labute approximate surface area is 149 Å². The van der Waals surface area contributed by atoms with E-state index in [0.717, 1.165) is 27.8 Å². The summed E-state index contributed by atoms with van der Waals surface area (Å²) in [6, 6.07) is 13.9. The van der Waals surface area contributed by atoms with Gasteiger partial charge in [0.15, 0.2) is 11.9 Å². The number of aromatic nitrogens is 2. The van der Waals surface area contributed by atoms with Crippen LogP contribution in [0.15, 0.2) is 65.6 Å². The fraction of sp³-hybridized carbons (Fsp3) is 0.100. The number of nitrogens with one attached hydrogen (secondary N) is 3. The minimum absolute atomic E-state index is 0.151. The molecule has 25 heavy (non-hydrogen) atoms. The number of phenolic OH excluding ortho intramolecular Hbond substituents is 1. The Bertz CT molecular complexity index is 1010. The minimum Gasteiger partial charge on any atom is -0.502 e. The molecule has 4 rings (SSSR count). The number of hydrogen-bond donors (Lipinski definition) is 2. The van der Waals surface area contributed by atoms with Crippen molar-refractivity contribution in [1.82, 2.24) is 0 Å². The molecule has 0 aliphatic rings. The van der Waals surface area contributed by atoms with Crippen molar-refractivity contribution in [3.05, 3.63) is 82.3 Å². The molecule has 4 N–H and O–H groups in total. The number of aromatic hydroxyl groups is 1. The van der Waals surface area contributed by atoms with Crippen molar-refractivity contribution in [3.8, 4) is 5.75 Å². The SMILES string of the molecule is Cc1cc[nH+]c(NC(c2ccsc2)c2ccc3ccc[nH+]c3c2O)c1. The molecule has 4 nitrogen and oxygen atoms in total. The molecule has 0 saturated carbocycles. The maximum absolute atomic E-state index is 10.9. The molecule has 1 unspecified atom stereocenters. The first-order valence-corrected chi connectivity index (χ1v) is 9.06. The molecule has 0 bridgehead atoms. The molecule has 0 aliphatic heterocycles. The Morgan fingerprint density at radius 1 is 1.08 bits per heavy atom. The average molecular weight is 349 g/mol. The second-order valence-electron chi connectivity index (χ2n) is 6.05. The standard InChI is InChI=1S/C20H17N3OS/c1-13-6-9-21-17(11-13)23-18(15-7-10-25-12-15)16-5-4-14-3-2-8-22-19(14)20(16)24/h2-12,18,24H,1H3,(H,21,23)/p+2. The van der Waals surface area contributed by atoms with Gasteiger partial charge in [0.25, 0.3) is 11.3 Å². The predicted molar refractivity (Wildman–Crippen MR) is 99.7 cm³/mol. The van der Waals surface area contributed by atoms with Crippen LogP contribution in [0.25, 0.3) is 10.9 Å². The van der Waals surface area contributed by atoms with E-state index in [9.17, 15) is 5.11 Å². The van der Waals surface area contributed by atoms with Crippen molar-refractivity contribution in [2.45, 2.75) is 13.0 Å². The largest absolute Gasteiger partial charge is 0.502 e. The van der Waals surface area contributed by atoms with E-state index in [1.165, 1.54) is 5.56 Å². The molecule has 1 atom stereocenters. The van der Waals surface area contributed by atoms with E-state index in [1.807, 2.05) is 48.1 Å². The van der Waals surface area contributed by atoms with Gasteiger partial charge in [0.2, 0.25) is 0 Å². The number of hydrogen-bond acceptors (Lipinski definition) is 3. The van der Waals surface area contributed by atoms with Gasteiger partial charge in [-0.05, 0) is 53.6 Å². The summed E-state index contributed by atoms with van der Waals surface area (Å²) in [5.41, 5.74) is 3.87. The Hall–Kier alpha value is -2.92. The molecule has 3 aromatic heterocycles. The Morgan fingerprint density at radius 3 is 2.80 bits per heavy atom. The maximum atomic E-state index is 10.9. The fourth-order valence-corrected chi connectivity index (χ4v) is 3.71. The molecular formula is C20H19N3OS+2. The van der Waals surface area contributed by atoms with E-state index in [2.05, 4.69) is 39.7 Å². The van der Waals surface area contributed by atoms with E-state index in [0.29, 0.717) is 0 Å². The normalized spacial score (nSPS) is 12.2. The number of aryl methyl sites for hydroxylation is 1. The van der Waals surface area contributed by atoms with Crippen molar-refractivity contribution in [2.24, 2.45) is 0 Å². The second kappa shape index (κ2) is 6.53. The van der Waals surface area contributed by atoms with Crippen molar-refractivity contribution >= 4 is 28.1 Å². The number of anilines is 1. The topological polar surface area (TPSA) is 60.5 Å². The zero-order valence-corrected chi connectivity index (χ0v) is 14.6. The van der Waals surface area contributed by atoms with Gasteiger partial charge in [0.05, 0.1) is 11.6 Å². The molecule has 3 heterocycles. The maximum Gasteiger partial charge on any atom is 0.273 e. The molecule has 0 amide bonds. The zero-order valence-electron chi connectivity index (χ0n) is 13.8. The summed E-state index contributed by atoms with van der Waals surface area (Å²) in [7, 11) is 0. The molecule has 0 saturated heterocycles. The highest BCUT2D eigenvalue weighted by Gasteiger charge is 2.26. The van der Waals surface area contributed by atoms with Gasteiger partial charge in [0, 0.05) is 23.3 Å². The number of phenols is 1. The van der Waals surface area contributed by atoms with Crippen LogP contribution in [0.4, 0.5) is 5.82 Å². The van der Waals surface area contributed by atoms with Gasteiger partial charge in [-0.25, -0.2) is 9.97 Å². The number of H-pyrrole nitrogens is 2. The summed E-state index contributed by atoms with van der Waals surface area (Å²) in [6.07, 6.45) is 3.74. The molecule has 1 aromatic carbocycles. The Morgan fingerprint density at radius 2 is 2.00 bits per heavy atom. The Balaban J connectivity index is 1.83. The lowest BCUT2D eigenvalue weighted by Gasteiger charge is -2.15. The first-order chi connectivity index (χ1) is 12.2. The highest BCUT2D eigenvalue weighted by atomic mass is 32.1. The number of rotatable bonds is 4. The van der Waals surface area contributed by atoms with Crippen molar-refractivity contribution in [2.75, 3.05) is 5.32 Å².